The van der Waals surface area contributed by atoms with E-state index < -0.39 is 0 Å². The molecular weight excluding hydrogens is 405 g/mol. The predicted molar refractivity (Wildman–Crippen MR) is 134 cm³/mol. The minimum absolute atomic E-state index is 0. The van der Waals surface area contributed by atoms with Crippen molar-refractivity contribution in [2.45, 2.75) is 6.42 Å². The van der Waals surface area contributed by atoms with E-state index in [2.05, 4.69) is 98.7 Å². The van der Waals surface area contributed by atoms with E-state index in [4.69, 9.17) is 4.98 Å². The molecule has 0 amide bonds. The molecule has 1 N–H and O–H groups in total. The van der Waals surface area contributed by atoms with E-state index in [9.17, 15) is 0 Å². The van der Waals surface area contributed by atoms with Crippen molar-refractivity contribution in [2.75, 3.05) is 70.5 Å². The Hall–Kier alpha value is -1.95. The Morgan fingerprint density at radius 3 is 1.66 bits per heavy atom. The number of halogens is 2. The second-order valence-corrected chi connectivity index (χ2v) is 7.76. The maximum atomic E-state index is 4.98. The topological polar surface area (TPSA) is 34.6 Å². The maximum Gasteiger partial charge on any atom is 0.0751 e. The van der Waals surface area contributed by atoms with Crippen molar-refractivity contribution in [1.29, 1.82) is 0 Å². The minimum atomic E-state index is 0. The molecule has 0 fully saturated rings. The highest BCUT2D eigenvalue weighted by Crippen LogP contribution is 2.34. The first-order valence-corrected chi connectivity index (χ1v) is 9.47. The molecule has 0 spiro atoms. The summed E-state index contributed by atoms with van der Waals surface area (Å²) in [5.41, 5.74) is 5.57. The van der Waals surface area contributed by atoms with Crippen LogP contribution in [0.2, 0.25) is 0 Å². The van der Waals surface area contributed by atoms with E-state index in [0.717, 1.165) is 41.9 Å². The fraction of sp³-hybridized carbons (Fsp3) is 0.409. The highest BCUT2D eigenvalue weighted by Gasteiger charge is 2.11. The third-order valence-corrected chi connectivity index (χ3v) is 4.86. The molecule has 0 saturated carbocycles. The Kier molecular flexibility index (Phi) is 9.27. The zero-order chi connectivity index (χ0) is 19.6. The predicted octanol–water partition coefficient (Wildman–Crippen LogP) is 4.73. The van der Waals surface area contributed by atoms with Crippen LogP contribution in [0.4, 0.5) is 17.1 Å². The van der Waals surface area contributed by atoms with Gasteiger partial charge in [0.05, 0.1) is 16.7 Å². The van der Waals surface area contributed by atoms with Gasteiger partial charge in [-0.25, -0.2) is 4.98 Å². The SMILES string of the molecule is CN(C)CCCNc1c2ccc(N(C)C)cc2nc2cc(N(C)C)ccc12.Cl.Cl. The van der Waals surface area contributed by atoms with Crippen LogP contribution in [0.3, 0.4) is 0 Å². The Morgan fingerprint density at radius 1 is 0.759 bits per heavy atom. The molecule has 0 bridgehead atoms. The molecule has 1 aromatic heterocycles. The molecule has 0 aliphatic carbocycles. The smallest absolute Gasteiger partial charge is 0.0751 e. The van der Waals surface area contributed by atoms with Gasteiger partial charge in [0.25, 0.3) is 0 Å². The number of fused-ring (bicyclic) bond motifs is 2. The third-order valence-electron chi connectivity index (χ3n) is 4.86. The van der Waals surface area contributed by atoms with E-state index >= 15 is 0 Å². The first-order chi connectivity index (χ1) is 12.9. The zero-order valence-corrected chi connectivity index (χ0v) is 19.8. The van der Waals surface area contributed by atoms with Gasteiger partial charge < -0.3 is 20.0 Å². The largest absolute Gasteiger partial charge is 0.384 e. The van der Waals surface area contributed by atoms with Gasteiger partial charge in [-0.05, 0) is 63.5 Å². The molecule has 3 rings (SSSR count). The maximum absolute atomic E-state index is 4.98. The van der Waals surface area contributed by atoms with Crippen molar-refractivity contribution in [3.8, 4) is 0 Å². The minimum Gasteiger partial charge on any atom is -0.384 e. The number of rotatable bonds is 7. The Labute approximate surface area is 186 Å². The average molecular weight is 438 g/mol. The quantitative estimate of drug-likeness (QED) is 0.426. The summed E-state index contributed by atoms with van der Waals surface area (Å²) in [5, 5.41) is 6.04. The Balaban J connectivity index is 0.00000210. The monoisotopic (exact) mass is 437 g/mol. The molecule has 0 saturated heterocycles. The summed E-state index contributed by atoms with van der Waals surface area (Å²) in [4.78, 5) is 11.4. The number of hydrogen-bond acceptors (Lipinski definition) is 5. The highest BCUT2D eigenvalue weighted by atomic mass is 35.5. The van der Waals surface area contributed by atoms with E-state index in [1.54, 1.807) is 0 Å². The second-order valence-electron chi connectivity index (χ2n) is 7.76. The van der Waals surface area contributed by atoms with Gasteiger partial charge in [0.15, 0.2) is 0 Å². The molecule has 0 aliphatic heterocycles. The summed E-state index contributed by atoms with van der Waals surface area (Å²) >= 11 is 0. The lowest BCUT2D eigenvalue weighted by Crippen LogP contribution is -2.16. The van der Waals surface area contributed by atoms with Crippen LogP contribution in [-0.2, 0) is 0 Å². The van der Waals surface area contributed by atoms with Crippen LogP contribution in [0.1, 0.15) is 6.42 Å². The van der Waals surface area contributed by atoms with Crippen LogP contribution in [0, 0.1) is 0 Å². The second kappa shape index (κ2) is 10.7. The van der Waals surface area contributed by atoms with Gasteiger partial charge in [0.2, 0.25) is 0 Å². The third kappa shape index (κ3) is 5.78. The number of nitrogens with one attached hydrogen (secondary N) is 1. The van der Waals surface area contributed by atoms with Gasteiger partial charge in [-0.15, -0.1) is 24.8 Å². The van der Waals surface area contributed by atoms with E-state index in [0.29, 0.717) is 0 Å². The molecule has 2 aromatic carbocycles. The van der Waals surface area contributed by atoms with Crippen molar-refractivity contribution < 1.29 is 0 Å². The van der Waals surface area contributed by atoms with Crippen molar-refractivity contribution in [3.63, 3.8) is 0 Å². The van der Waals surface area contributed by atoms with Crippen LogP contribution >= 0.6 is 24.8 Å². The molecule has 5 nitrogen and oxygen atoms in total. The van der Waals surface area contributed by atoms with Crippen molar-refractivity contribution in [3.05, 3.63) is 36.4 Å². The molecule has 0 radical (unpaired) electrons. The van der Waals surface area contributed by atoms with Crippen LogP contribution in [0.15, 0.2) is 36.4 Å². The lowest BCUT2D eigenvalue weighted by molar-refractivity contribution is 0.405. The fourth-order valence-corrected chi connectivity index (χ4v) is 3.28. The standard InChI is InChI=1S/C22H31N5.2ClH/c1-25(2)13-7-12-23-22-18-10-8-16(26(3)4)14-20(18)24-21-15-17(27(5)6)9-11-19(21)22;;/h8-11,14-15H,7,12-13H2,1-6H3,(H,23,24);2*1H. The highest BCUT2D eigenvalue weighted by molar-refractivity contribution is 6.08. The molecule has 160 valence electrons. The number of anilines is 3. The Bertz CT molecular complexity index is 875. The van der Waals surface area contributed by atoms with Gasteiger partial charge in [0, 0.05) is 56.9 Å². The summed E-state index contributed by atoms with van der Waals surface area (Å²) in [6.45, 7) is 2.01. The molecule has 29 heavy (non-hydrogen) atoms. The van der Waals surface area contributed by atoms with Gasteiger partial charge >= 0.3 is 0 Å². The molecule has 7 heteroatoms. The molecule has 0 unspecified atom stereocenters. The number of nitrogens with zero attached hydrogens (tertiary/aromatic N) is 4. The van der Waals surface area contributed by atoms with Crippen LogP contribution in [0.25, 0.3) is 21.8 Å². The van der Waals surface area contributed by atoms with E-state index in [1.807, 2.05) is 0 Å². The lowest BCUT2D eigenvalue weighted by Gasteiger charge is -2.18. The summed E-state index contributed by atoms with van der Waals surface area (Å²) in [7, 11) is 12.5. The summed E-state index contributed by atoms with van der Waals surface area (Å²) < 4.78 is 0. The van der Waals surface area contributed by atoms with E-state index in [-0.39, 0.29) is 24.8 Å². The van der Waals surface area contributed by atoms with Gasteiger partial charge in [0.1, 0.15) is 0 Å². The number of hydrogen-bond donors (Lipinski definition) is 1. The lowest BCUT2D eigenvalue weighted by atomic mass is 10.1. The van der Waals surface area contributed by atoms with Crippen molar-refractivity contribution in [2.24, 2.45) is 0 Å². The van der Waals surface area contributed by atoms with Crippen molar-refractivity contribution >= 4 is 63.7 Å². The number of pyridine rings is 1. The number of aromatic nitrogens is 1. The van der Waals surface area contributed by atoms with Gasteiger partial charge in [-0.3, -0.25) is 0 Å². The van der Waals surface area contributed by atoms with E-state index in [1.165, 1.54) is 16.5 Å². The Morgan fingerprint density at radius 2 is 1.24 bits per heavy atom. The van der Waals surface area contributed by atoms with Crippen molar-refractivity contribution in [1.82, 2.24) is 9.88 Å². The first-order valence-electron chi connectivity index (χ1n) is 9.47. The molecular formula is C22H33Cl2N5. The summed E-state index contributed by atoms with van der Waals surface area (Å²) in [5.74, 6) is 0. The van der Waals surface area contributed by atoms with Gasteiger partial charge in [-0.2, -0.15) is 0 Å². The molecule has 1 heterocycles. The van der Waals surface area contributed by atoms with Crippen LogP contribution < -0.4 is 15.1 Å². The zero-order valence-electron chi connectivity index (χ0n) is 18.2. The first kappa shape index (κ1) is 25.1. The molecule has 3 aromatic rings. The van der Waals surface area contributed by atoms with Crippen LogP contribution in [-0.4, -0.2) is 65.3 Å². The average Bonchev–Trinajstić information content (AvgIpc) is 2.62. The summed E-state index contributed by atoms with van der Waals surface area (Å²) in [6, 6.07) is 13.0. The summed E-state index contributed by atoms with van der Waals surface area (Å²) in [6.07, 6.45) is 1.10. The molecule has 0 atom stereocenters. The normalized spacial score (nSPS) is 10.6. The fourth-order valence-electron chi connectivity index (χ4n) is 3.28. The van der Waals surface area contributed by atoms with Gasteiger partial charge in [-0.1, -0.05) is 0 Å². The van der Waals surface area contributed by atoms with Crippen LogP contribution in [0.5, 0.6) is 0 Å². The molecule has 0 aliphatic rings. The number of benzene rings is 2.